The van der Waals surface area contributed by atoms with Crippen molar-refractivity contribution in [2.45, 2.75) is 6.42 Å². The first-order chi connectivity index (χ1) is 9.54. The largest absolute Gasteiger partial charge is 0.481 e. The average Bonchev–Trinajstić information content (AvgIpc) is 2.39. The number of hydrogen-bond donors (Lipinski definition) is 2. The molecule has 0 aliphatic heterocycles. The van der Waals surface area contributed by atoms with Crippen LogP contribution in [-0.2, 0) is 11.2 Å². The first-order valence-corrected chi connectivity index (χ1v) is 6.57. The zero-order chi connectivity index (χ0) is 14.5. The minimum atomic E-state index is -0.911. The number of hydrogen-bond acceptors (Lipinski definition) is 3. The first-order valence-electron chi connectivity index (χ1n) is 5.78. The number of carbonyl (C=O) groups is 2. The monoisotopic (exact) mass is 334 g/mol. The number of anilines is 1. The highest BCUT2D eigenvalue weighted by Gasteiger charge is 2.07. The van der Waals surface area contributed by atoms with Crippen LogP contribution in [0.5, 0.6) is 0 Å². The zero-order valence-corrected chi connectivity index (χ0v) is 11.9. The summed E-state index contributed by atoms with van der Waals surface area (Å²) in [7, 11) is 0. The summed E-state index contributed by atoms with van der Waals surface area (Å²) in [6, 6.07) is 10.1. The number of aliphatic carboxylic acids is 1. The second-order valence-electron chi connectivity index (χ2n) is 4.09. The molecule has 0 radical (unpaired) electrons. The van der Waals surface area contributed by atoms with E-state index < -0.39 is 5.97 Å². The standard InChI is InChI=1S/C14H11BrN2O3/c15-12-5-4-10(8-16-12)14(20)17-11-3-1-2-9(6-11)7-13(18)19/h1-6,8H,7H2,(H,17,20)(H,18,19). The van der Waals surface area contributed by atoms with Crippen molar-refractivity contribution in [3.8, 4) is 0 Å². The van der Waals surface area contributed by atoms with Crippen molar-refractivity contribution < 1.29 is 14.7 Å². The summed E-state index contributed by atoms with van der Waals surface area (Å²) in [5.41, 5.74) is 1.61. The van der Waals surface area contributed by atoms with Crippen molar-refractivity contribution in [1.82, 2.24) is 4.98 Å². The van der Waals surface area contributed by atoms with Crippen LogP contribution < -0.4 is 5.32 Å². The van der Waals surface area contributed by atoms with Crippen LogP contribution in [0.3, 0.4) is 0 Å². The van der Waals surface area contributed by atoms with Crippen molar-refractivity contribution in [3.63, 3.8) is 0 Å². The van der Waals surface area contributed by atoms with E-state index in [0.717, 1.165) is 0 Å². The molecule has 102 valence electrons. The van der Waals surface area contributed by atoms with Crippen LogP contribution in [0.25, 0.3) is 0 Å². The summed E-state index contributed by atoms with van der Waals surface area (Å²) in [4.78, 5) is 26.6. The molecule has 0 unspecified atom stereocenters. The summed E-state index contributed by atoms with van der Waals surface area (Å²) in [5.74, 6) is -1.21. The van der Waals surface area contributed by atoms with Crippen LogP contribution in [0.2, 0.25) is 0 Å². The van der Waals surface area contributed by atoms with Crippen molar-refractivity contribution in [1.29, 1.82) is 0 Å². The van der Waals surface area contributed by atoms with E-state index in [4.69, 9.17) is 5.11 Å². The maximum atomic E-state index is 12.0. The topological polar surface area (TPSA) is 79.3 Å². The van der Waals surface area contributed by atoms with E-state index in [9.17, 15) is 9.59 Å². The number of benzene rings is 1. The molecular weight excluding hydrogens is 324 g/mol. The summed E-state index contributed by atoms with van der Waals surface area (Å²) in [6.45, 7) is 0. The Morgan fingerprint density at radius 3 is 2.70 bits per heavy atom. The molecule has 2 rings (SSSR count). The SMILES string of the molecule is O=C(O)Cc1cccc(NC(=O)c2ccc(Br)nc2)c1. The predicted octanol–water partition coefficient (Wildman–Crippen LogP) is 2.72. The highest BCUT2D eigenvalue weighted by atomic mass is 79.9. The van der Waals surface area contributed by atoms with Crippen molar-refractivity contribution in [3.05, 3.63) is 58.3 Å². The number of carboxylic acid groups (broad SMARTS) is 1. The fourth-order valence-electron chi connectivity index (χ4n) is 1.65. The van der Waals surface area contributed by atoms with E-state index in [1.165, 1.54) is 6.20 Å². The van der Waals surface area contributed by atoms with Gasteiger partial charge in [0.1, 0.15) is 4.60 Å². The Balaban J connectivity index is 2.11. The Kier molecular flexibility index (Phi) is 4.47. The van der Waals surface area contributed by atoms with E-state index in [-0.39, 0.29) is 12.3 Å². The van der Waals surface area contributed by atoms with Gasteiger partial charge in [0.2, 0.25) is 0 Å². The lowest BCUT2D eigenvalue weighted by molar-refractivity contribution is -0.136. The lowest BCUT2D eigenvalue weighted by atomic mass is 10.1. The Hall–Kier alpha value is -2.21. The fraction of sp³-hybridized carbons (Fsp3) is 0.0714. The molecule has 2 aromatic rings. The summed E-state index contributed by atoms with van der Waals surface area (Å²) in [5, 5.41) is 11.4. The van der Waals surface area contributed by atoms with Gasteiger partial charge < -0.3 is 10.4 Å². The van der Waals surface area contributed by atoms with Crippen molar-refractivity contribution in [2.24, 2.45) is 0 Å². The molecule has 5 nitrogen and oxygen atoms in total. The van der Waals surface area contributed by atoms with Crippen LogP contribution in [0.1, 0.15) is 15.9 Å². The first kappa shape index (κ1) is 14.2. The van der Waals surface area contributed by atoms with E-state index in [0.29, 0.717) is 21.4 Å². The number of nitrogens with zero attached hydrogens (tertiary/aromatic N) is 1. The Morgan fingerprint density at radius 1 is 1.25 bits per heavy atom. The quantitative estimate of drug-likeness (QED) is 0.842. The molecule has 0 atom stereocenters. The molecule has 1 aromatic heterocycles. The Bertz CT molecular complexity index is 641. The van der Waals surface area contributed by atoms with Crippen LogP contribution in [0, 0.1) is 0 Å². The van der Waals surface area contributed by atoms with E-state index >= 15 is 0 Å². The van der Waals surface area contributed by atoms with Crippen molar-refractivity contribution in [2.75, 3.05) is 5.32 Å². The minimum Gasteiger partial charge on any atom is -0.481 e. The van der Waals surface area contributed by atoms with Gasteiger partial charge in [-0.1, -0.05) is 12.1 Å². The maximum Gasteiger partial charge on any atom is 0.307 e. The van der Waals surface area contributed by atoms with Gasteiger partial charge in [-0.05, 0) is 45.8 Å². The molecule has 1 aromatic carbocycles. The van der Waals surface area contributed by atoms with Gasteiger partial charge in [0.05, 0.1) is 12.0 Å². The van der Waals surface area contributed by atoms with E-state index in [1.807, 2.05) is 0 Å². The lowest BCUT2D eigenvalue weighted by Crippen LogP contribution is -2.12. The fourth-order valence-corrected chi connectivity index (χ4v) is 1.88. The summed E-state index contributed by atoms with van der Waals surface area (Å²) in [6.07, 6.45) is 1.38. The molecule has 0 aliphatic rings. The smallest absolute Gasteiger partial charge is 0.307 e. The van der Waals surface area contributed by atoms with Crippen molar-refractivity contribution >= 4 is 33.5 Å². The highest BCUT2D eigenvalue weighted by molar-refractivity contribution is 9.10. The summed E-state index contributed by atoms with van der Waals surface area (Å²) >= 11 is 3.20. The van der Waals surface area contributed by atoms with E-state index in [2.05, 4.69) is 26.2 Å². The number of amides is 1. The normalized spacial score (nSPS) is 10.1. The zero-order valence-electron chi connectivity index (χ0n) is 10.3. The third kappa shape index (κ3) is 3.89. The Labute approximate surface area is 123 Å². The number of rotatable bonds is 4. The van der Waals surface area contributed by atoms with Gasteiger partial charge in [-0.3, -0.25) is 9.59 Å². The third-order valence-corrected chi connectivity index (χ3v) is 3.00. The minimum absolute atomic E-state index is 0.0798. The van der Waals surface area contributed by atoms with Gasteiger partial charge in [-0.15, -0.1) is 0 Å². The van der Waals surface area contributed by atoms with Gasteiger partial charge in [-0.2, -0.15) is 0 Å². The molecule has 0 spiro atoms. The molecule has 20 heavy (non-hydrogen) atoms. The van der Waals surface area contributed by atoms with Crippen LogP contribution in [0.15, 0.2) is 47.2 Å². The Morgan fingerprint density at radius 2 is 2.05 bits per heavy atom. The van der Waals surface area contributed by atoms with Crippen LogP contribution in [0.4, 0.5) is 5.69 Å². The molecule has 1 heterocycles. The van der Waals surface area contributed by atoms with Gasteiger partial charge >= 0.3 is 5.97 Å². The third-order valence-electron chi connectivity index (χ3n) is 2.53. The maximum absolute atomic E-state index is 12.0. The molecule has 1 amide bonds. The molecule has 2 N–H and O–H groups in total. The number of aromatic nitrogens is 1. The number of nitrogens with one attached hydrogen (secondary N) is 1. The van der Waals surface area contributed by atoms with E-state index in [1.54, 1.807) is 36.4 Å². The van der Waals surface area contributed by atoms with Crippen LogP contribution >= 0.6 is 15.9 Å². The second kappa shape index (κ2) is 6.29. The van der Waals surface area contributed by atoms with Gasteiger partial charge in [0.25, 0.3) is 5.91 Å². The average molecular weight is 335 g/mol. The van der Waals surface area contributed by atoms with Gasteiger partial charge in [-0.25, -0.2) is 4.98 Å². The second-order valence-corrected chi connectivity index (χ2v) is 4.91. The number of carboxylic acids is 1. The molecular formula is C14H11BrN2O3. The predicted molar refractivity (Wildman–Crippen MR) is 77.7 cm³/mol. The summed E-state index contributed by atoms with van der Waals surface area (Å²) < 4.78 is 0.650. The molecule has 0 saturated carbocycles. The molecule has 0 aliphatic carbocycles. The number of pyridine rings is 1. The number of carbonyl (C=O) groups excluding carboxylic acids is 1. The molecule has 0 bridgehead atoms. The highest BCUT2D eigenvalue weighted by Crippen LogP contribution is 2.13. The van der Waals surface area contributed by atoms with Gasteiger partial charge in [0, 0.05) is 11.9 Å². The molecule has 6 heteroatoms. The van der Waals surface area contributed by atoms with Crippen LogP contribution in [-0.4, -0.2) is 22.0 Å². The van der Waals surface area contributed by atoms with Gasteiger partial charge in [0.15, 0.2) is 0 Å². The lowest BCUT2D eigenvalue weighted by Gasteiger charge is -2.06. The molecule has 0 fully saturated rings. The molecule has 0 saturated heterocycles. The number of halogens is 1.